The Labute approximate surface area is 142 Å². The SMILES string of the molecule is CCC1CC(C)(C)N(C(=O)OC(C)(C)C)/C(C)=C\C(C)(C)C1N. The van der Waals surface area contributed by atoms with Crippen molar-refractivity contribution < 1.29 is 9.53 Å². The van der Waals surface area contributed by atoms with Crippen molar-refractivity contribution in [3.8, 4) is 0 Å². The lowest BCUT2D eigenvalue weighted by atomic mass is 9.70. The van der Waals surface area contributed by atoms with Crippen molar-refractivity contribution in [3.63, 3.8) is 0 Å². The lowest BCUT2D eigenvalue weighted by Gasteiger charge is -2.47. The summed E-state index contributed by atoms with van der Waals surface area (Å²) in [5.41, 5.74) is 6.47. The highest BCUT2D eigenvalue weighted by atomic mass is 16.6. The lowest BCUT2D eigenvalue weighted by molar-refractivity contribution is 0.00524. The second-order valence-corrected chi connectivity index (χ2v) is 9.13. The fourth-order valence-electron chi connectivity index (χ4n) is 3.74. The van der Waals surface area contributed by atoms with Crippen LogP contribution in [0.3, 0.4) is 0 Å². The van der Waals surface area contributed by atoms with Gasteiger partial charge in [0.15, 0.2) is 0 Å². The van der Waals surface area contributed by atoms with Crippen LogP contribution in [0.2, 0.25) is 0 Å². The van der Waals surface area contributed by atoms with Crippen LogP contribution in [-0.4, -0.2) is 28.2 Å². The van der Waals surface area contributed by atoms with Gasteiger partial charge < -0.3 is 10.5 Å². The third-order valence-electron chi connectivity index (χ3n) is 4.77. The maximum Gasteiger partial charge on any atom is 0.415 e. The highest BCUT2D eigenvalue weighted by Crippen LogP contribution is 2.40. The summed E-state index contributed by atoms with van der Waals surface area (Å²) in [5.74, 6) is 0.356. The topological polar surface area (TPSA) is 55.6 Å². The molecule has 2 unspecified atom stereocenters. The molecule has 0 fully saturated rings. The molecule has 2 atom stereocenters. The minimum Gasteiger partial charge on any atom is -0.443 e. The smallest absolute Gasteiger partial charge is 0.415 e. The lowest BCUT2D eigenvalue weighted by Crippen LogP contribution is -2.54. The van der Waals surface area contributed by atoms with Gasteiger partial charge in [0.25, 0.3) is 0 Å². The molecule has 134 valence electrons. The molecule has 1 amide bonds. The summed E-state index contributed by atoms with van der Waals surface area (Å²) >= 11 is 0. The Kier molecular flexibility index (Phi) is 5.62. The van der Waals surface area contributed by atoms with Crippen LogP contribution in [0.4, 0.5) is 4.79 Å². The van der Waals surface area contributed by atoms with Crippen LogP contribution >= 0.6 is 0 Å². The van der Waals surface area contributed by atoms with Gasteiger partial charge in [-0.05, 0) is 59.3 Å². The summed E-state index contributed by atoms with van der Waals surface area (Å²) in [7, 11) is 0. The first-order chi connectivity index (χ1) is 10.2. The van der Waals surface area contributed by atoms with Gasteiger partial charge in [-0.3, -0.25) is 4.90 Å². The summed E-state index contributed by atoms with van der Waals surface area (Å²) in [5, 5.41) is 0. The minimum absolute atomic E-state index is 0.0718. The zero-order valence-corrected chi connectivity index (χ0v) is 16.5. The maximum absolute atomic E-state index is 12.8. The number of nitrogens with two attached hydrogens (primary N) is 1. The number of ether oxygens (including phenoxy) is 1. The molecule has 0 spiro atoms. The molecule has 1 heterocycles. The molecule has 0 saturated carbocycles. The third-order valence-corrected chi connectivity index (χ3v) is 4.77. The third kappa shape index (κ3) is 4.72. The van der Waals surface area contributed by atoms with E-state index in [9.17, 15) is 4.79 Å². The van der Waals surface area contributed by atoms with E-state index in [0.29, 0.717) is 5.92 Å². The number of nitrogens with zero attached hydrogens (tertiary/aromatic N) is 1. The largest absolute Gasteiger partial charge is 0.443 e. The summed E-state index contributed by atoms with van der Waals surface area (Å²) < 4.78 is 5.66. The molecule has 1 rings (SSSR count). The average Bonchev–Trinajstić information content (AvgIpc) is 2.30. The van der Waals surface area contributed by atoms with Crippen molar-refractivity contribution in [2.45, 2.75) is 92.3 Å². The highest BCUT2D eigenvalue weighted by molar-refractivity contribution is 5.71. The molecule has 1 aliphatic rings. The standard InChI is InChI=1S/C19H36N2O2/c1-10-14-12-19(8,9)21(16(22)23-17(3,4)5)13(2)11-18(6,7)15(14)20/h11,14-15H,10,12,20H2,1-9H3/b13-11-. The summed E-state index contributed by atoms with van der Waals surface area (Å²) in [4.78, 5) is 14.6. The Morgan fingerprint density at radius 3 is 2.30 bits per heavy atom. The second kappa shape index (κ2) is 6.46. The van der Waals surface area contributed by atoms with Gasteiger partial charge in [0.1, 0.15) is 5.60 Å². The van der Waals surface area contributed by atoms with Crippen LogP contribution in [0.15, 0.2) is 11.8 Å². The molecule has 23 heavy (non-hydrogen) atoms. The Morgan fingerprint density at radius 2 is 1.87 bits per heavy atom. The average molecular weight is 325 g/mol. The summed E-state index contributed by atoms with van der Waals surface area (Å²) in [6.07, 6.45) is 3.71. The van der Waals surface area contributed by atoms with Crippen LogP contribution in [0, 0.1) is 11.3 Å². The van der Waals surface area contributed by atoms with Gasteiger partial charge in [-0.25, -0.2) is 4.79 Å². The molecule has 0 saturated heterocycles. The molecule has 4 nitrogen and oxygen atoms in total. The monoisotopic (exact) mass is 324 g/mol. The van der Waals surface area contributed by atoms with E-state index in [4.69, 9.17) is 10.5 Å². The number of hydrogen-bond acceptors (Lipinski definition) is 3. The zero-order chi connectivity index (χ0) is 18.2. The molecule has 1 aliphatic heterocycles. The number of carbonyl (C=O) groups excluding carboxylic acids is 1. The van der Waals surface area contributed by atoms with Gasteiger partial charge >= 0.3 is 6.09 Å². The van der Waals surface area contributed by atoms with Crippen LogP contribution in [0.5, 0.6) is 0 Å². The summed E-state index contributed by atoms with van der Waals surface area (Å²) in [6.45, 7) is 18.3. The van der Waals surface area contributed by atoms with E-state index in [1.165, 1.54) is 0 Å². The molecule has 2 N–H and O–H groups in total. The van der Waals surface area contributed by atoms with Gasteiger partial charge in [-0.1, -0.05) is 33.3 Å². The molecular formula is C19H36N2O2. The first-order valence-corrected chi connectivity index (χ1v) is 8.69. The fourth-order valence-corrected chi connectivity index (χ4v) is 3.74. The number of hydrogen-bond donors (Lipinski definition) is 1. The molecule has 0 aliphatic carbocycles. The fraction of sp³-hybridized carbons (Fsp3) is 0.842. The van der Waals surface area contributed by atoms with E-state index in [0.717, 1.165) is 18.5 Å². The Morgan fingerprint density at radius 1 is 1.35 bits per heavy atom. The van der Waals surface area contributed by atoms with E-state index in [1.807, 2.05) is 32.6 Å². The van der Waals surface area contributed by atoms with Crippen molar-refractivity contribution in [1.29, 1.82) is 0 Å². The molecule has 0 aromatic heterocycles. The Bertz CT molecular complexity index is 472. The van der Waals surface area contributed by atoms with Crippen LogP contribution < -0.4 is 5.73 Å². The number of allylic oxidation sites excluding steroid dienone is 1. The first kappa shape index (κ1) is 20.0. The molecule has 0 aromatic rings. The number of rotatable bonds is 1. The maximum atomic E-state index is 12.8. The first-order valence-electron chi connectivity index (χ1n) is 8.69. The van der Waals surface area contributed by atoms with Crippen LogP contribution in [-0.2, 0) is 4.74 Å². The molecule has 0 aromatic carbocycles. The van der Waals surface area contributed by atoms with Crippen molar-refractivity contribution in [2.24, 2.45) is 17.1 Å². The molecule has 0 radical (unpaired) electrons. The van der Waals surface area contributed by atoms with Gasteiger partial charge in [0, 0.05) is 17.3 Å². The van der Waals surface area contributed by atoms with Gasteiger partial charge in [0.05, 0.1) is 0 Å². The van der Waals surface area contributed by atoms with E-state index in [1.54, 1.807) is 0 Å². The van der Waals surface area contributed by atoms with E-state index >= 15 is 0 Å². The molecule has 0 bridgehead atoms. The number of amides is 1. The Hall–Kier alpha value is -1.03. The van der Waals surface area contributed by atoms with E-state index in [2.05, 4.69) is 40.7 Å². The molecule has 4 heteroatoms. The van der Waals surface area contributed by atoms with Crippen molar-refractivity contribution >= 4 is 6.09 Å². The Balaban J connectivity index is 3.34. The second-order valence-electron chi connectivity index (χ2n) is 9.13. The number of carbonyl (C=O) groups is 1. The van der Waals surface area contributed by atoms with Crippen molar-refractivity contribution in [2.75, 3.05) is 0 Å². The predicted molar refractivity (Wildman–Crippen MR) is 96.1 cm³/mol. The summed E-state index contributed by atoms with van der Waals surface area (Å²) in [6, 6.07) is 0.0718. The van der Waals surface area contributed by atoms with Gasteiger partial charge in [-0.15, -0.1) is 0 Å². The van der Waals surface area contributed by atoms with Crippen molar-refractivity contribution in [3.05, 3.63) is 11.8 Å². The molecular weight excluding hydrogens is 288 g/mol. The van der Waals surface area contributed by atoms with Crippen LogP contribution in [0.1, 0.15) is 75.2 Å². The van der Waals surface area contributed by atoms with E-state index in [-0.39, 0.29) is 23.1 Å². The zero-order valence-electron chi connectivity index (χ0n) is 16.5. The minimum atomic E-state index is -0.508. The highest BCUT2D eigenvalue weighted by Gasteiger charge is 2.43. The van der Waals surface area contributed by atoms with Gasteiger partial charge in [0.2, 0.25) is 0 Å². The normalized spacial score (nSPS) is 30.0. The quantitative estimate of drug-likeness (QED) is 0.761. The van der Waals surface area contributed by atoms with Crippen LogP contribution in [0.25, 0.3) is 0 Å². The predicted octanol–water partition coefficient (Wildman–Crippen LogP) is 4.69. The van der Waals surface area contributed by atoms with E-state index < -0.39 is 5.60 Å². The van der Waals surface area contributed by atoms with Crippen molar-refractivity contribution in [1.82, 2.24) is 4.90 Å². The van der Waals surface area contributed by atoms with Gasteiger partial charge in [-0.2, -0.15) is 0 Å².